The number of Topliss-reactive ketones (excluding diaryl/α,β-unsaturated/α-hetero) is 1. The van der Waals surface area contributed by atoms with Crippen molar-refractivity contribution in [2.45, 2.75) is 26.8 Å². The van der Waals surface area contributed by atoms with Gasteiger partial charge in [0.2, 0.25) is 0 Å². The molecule has 142 valence electrons. The van der Waals surface area contributed by atoms with Crippen LogP contribution in [0.3, 0.4) is 0 Å². The summed E-state index contributed by atoms with van der Waals surface area (Å²) in [6.45, 7) is 5.97. The highest BCUT2D eigenvalue weighted by Crippen LogP contribution is 2.42. The fourth-order valence-corrected chi connectivity index (χ4v) is 3.52. The van der Waals surface area contributed by atoms with Crippen molar-refractivity contribution in [3.63, 3.8) is 0 Å². The number of nitrogens with zero attached hydrogens (tertiary/aromatic N) is 1. The number of aliphatic hydroxyl groups excluding tert-OH is 1. The molecule has 0 radical (unpaired) electrons. The minimum Gasteiger partial charge on any atom is -0.503 e. The van der Waals surface area contributed by atoms with E-state index in [-0.39, 0.29) is 17.9 Å². The van der Waals surface area contributed by atoms with E-state index in [0.29, 0.717) is 6.61 Å². The summed E-state index contributed by atoms with van der Waals surface area (Å²) in [5.41, 5.74) is 0.276. The first kappa shape index (κ1) is 19.1. The Kier molecular flexibility index (Phi) is 5.07. The van der Waals surface area contributed by atoms with E-state index in [1.807, 2.05) is 42.5 Å². The molecule has 0 fully saturated rings. The first-order valence-electron chi connectivity index (χ1n) is 9.03. The summed E-state index contributed by atoms with van der Waals surface area (Å²) in [4.78, 5) is 27.4. The second-order valence-corrected chi connectivity index (χ2v) is 7.80. The summed E-state index contributed by atoms with van der Waals surface area (Å²) in [5.74, 6) is -1.22. The molecule has 1 N–H and O–H groups in total. The number of benzene rings is 2. The average Bonchev–Trinajstić information content (AvgIpc) is 2.88. The zero-order valence-electron chi connectivity index (χ0n) is 16.2. The lowest BCUT2D eigenvalue weighted by molar-refractivity contribution is -0.130. The molecule has 0 bridgehead atoms. The van der Waals surface area contributed by atoms with Crippen LogP contribution in [0.15, 0.2) is 53.8 Å². The topological polar surface area (TPSA) is 66.8 Å². The predicted octanol–water partition coefficient (Wildman–Crippen LogP) is 3.80. The molecule has 0 saturated carbocycles. The summed E-state index contributed by atoms with van der Waals surface area (Å²) in [5, 5.41) is 12.6. The average molecular weight is 367 g/mol. The highest BCUT2D eigenvalue weighted by Gasteiger charge is 2.46. The summed E-state index contributed by atoms with van der Waals surface area (Å²) < 4.78 is 5.14. The normalized spacial score (nSPS) is 17.9. The monoisotopic (exact) mass is 367 g/mol. The van der Waals surface area contributed by atoms with E-state index < -0.39 is 23.1 Å². The zero-order valence-corrected chi connectivity index (χ0v) is 16.2. The van der Waals surface area contributed by atoms with Crippen molar-refractivity contribution in [2.75, 3.05) is 20.3 Å². The van der Waals surface area contributed by atoms with Crippen molar-refractivity contribution >= 4 is 22.5 Å². The molecule has 0 aromatic heterocycles. The number of amides is 1. The molecule has 5 heteroatoms. The Morgan fingerprint density at radius 1 is 1.15 bits per heavy atom. The minimum atomic E-state index is -0.719. The van der Waals surface area contributed by atoms with Gasteiger partial charge in [0.1, 0.15) is 0 Å². The number of methoxy groups -OCH3 is 1. The molecule has 1 aliphatic heterocycles. The molecular formula is C22H25NO4. The fraction of sp³-hybridized carbons (Fsp3) is 0.364. The van der Waals surface area contributed by atoms with Crippen LogP contribution < -0.4 is 0 Å². The predicted molar refractivity (Wildman–Crippen MR) is 104 cm³/mol. The molecule has 1 aliphatic rings. The molecule has 5 nitrogen and oxygen atoms in total. The molecule has 0 aliphatic carbocycles. The van der Waals surface area contributed by atoms with Gasteiger partial charge in [-0.15, -0.1) is 0 Å². The number of ether oxygens (including phenoxy) is 1. The van der Waals surface area contributed by atoms with Gasteiger partial charge in [0, 0.05) is 19.1 Å². The highest BCUT2D eigenvalue weighted by atomic mass is 16.5. The van der Waals surface area contributed by atoms with Crippen LogP contribution >= 0.6 is 0 Å². The second kappa shape index (κ2) is 7.16. The van der Waals surface area contributed by atoms with Gasteiger partial charge >= 0.3 is 0 Å². The zero-order chi connectivity index (χ0) is 19.8. The van der Waals surface area contributed by atoms with Gasteiger partial charge in [-0.05, 0) is 16.3 Å². The van der Waals surface area contributed by atoms with E-state index in [9.17, 15) is 14.7 Å². The molecule has 2 aromatic carbocycles. The second-order valence-electron chi connectivity index (χ2n) is 7.80. The smallest absolute Gasteiger partial charge is 0.290 e. The minimum absolute atomic E-state index is 0.167. The van der Waals surface area contributed by atoms with Crippen LogP contribution in [-0.2, 0) is 14.3 Å². The number of aliphatic hydroxyl groups is 1. The molecule has 27 heavy (non-hydrogen) atoms. The molecule has 0 saturated heterocycles. The first-order valence-corrected chi connectivity index (χ1v) is 9.03. The third-order valence-electron chi connectivity index (χ3n) is 4.88. The van der Waals surface area contributed by atoms with E-state index in [1.54, 1.807) is 27.9 Å². The van der Waals surface area contributed by atoms with Crippen LogP contribution in [0.5, 0.6) is 0 Å². The Balaban J connectivity index is 2.22. The number of rotatable bonds is 5. The van der Waals surface area contributed by atoms with Crippen LogP contribution in [0.25, 0.3) is 10.8 Å². The quantitative estimate of drug-likeness (QED) is 0.873. The number of fused-ring (bicyclic) bond motifs is 1. The summed E-state index contributed by atoms with van der Waals surface area (Å²) in [6, 6.07) is 13.0. The van der Waals surface area contributed by atoms with Crippen LogP contribution in [0, 0.1) is 5.41 Å². The summed E-state index contributed by atoms with van der Waals surface area (Å²) in [6.07, 6.45) is 0. The Morgan fingerprint density at radius 3 is 2.48 bits per heavy atom. The van der Waals surface area contributed by atoms with Gasteiger partial charge in [0.15, 0.2) is 11.5 Å². The van der Waals surface area contributed by atoms with Crippen LogP contribution in [0.1, 0.15) is 32.4 Å². The number of hydrogen-bond donors (Lipinski definition) is 1. The Morgan fingerprint density at radius 2 is 1.81 bits per heavy atom. The van der Waals surface area contributed by atoms with Gasteiger partial charge in [-0.1, -0.05) is 63.2 Å². The maximum atomic E-state index is 13.1. The van der Waals surface area contributed by atoms with Gasteiger partial charge in [-0.3, -0.25) is 9.59 Å². The Bertz CT molecular complexity index is 918. The van der Waals surface area contributed by atoms with Gasteiger partial charge in [0.05, 0.1) is 18.2 Å². The van der Waals surface area contributed by atoms with Gasteiger partial charge in [-0.25, -0.2) is 0 Å². The van der Waals surface area contributed by atoms with E-state index in [4.69, 9.17) is 4.74 Å². The molecule has 3 rings (SSSR count). The number of carbonyl (C=O) groups excluding carboxylic acids is 2. The number of ketones is 1. The first-order chi connectivity index (χ1) is 12.8. The van der Waals surface area contributed by atoms with Crippen LogP contribution in [-0.4, -0.2) is 42.0 Å². The maximum Gasteiger partial charge on any atom is 0.290 e. The summed E-state index contributed by atoms with van der Waals surface area (Å²) in [7, 11) is 1.56. The lowest BCUT2D eigenvalue weighted by Crippen LogP contribution is -2.35. The standard InChI is InChI=1S/C22H25NO4/c1-22(2,3)20(25)17-18(23(12-13-27-4)21(26)19(17)24)16-11-7-9-14-8-5-6-10-15(14)16/h5-11,18,24H,12-13H2,1-4H3. The fourth-order valence-electron chi connectivity index (χ4n) is 3.52. The Hall–Kier alpha value is -2.66. The molecular weight excluding hydrogens is 342 g/mol. The van der Waals surface area contributed by atoms with E-state index in [1.165, 1.54) is 4.90 Å². The molecule has 1 heterocycles. The highest BCUT2D eigenvalue weighted by molar-refractivity contribution is 6.11. The van der Waals surface area contributed by atoms with Crippen molar-refractivity contribution in [1.29, 1.82) is 0 Å². The molecule has 2 aromatic rings. The number of carbonyl (C=O) groups is 2. The van der Waals surface area contributed by atoms with Crippen LogP contribution in [0.2, 0.25) is 0 Å². The lowest BCUT2D eigenvalue weighted by atomic mass is 9.81. The van der Waals surface area contributed by atoms with E-state index >= 15 is 0 Å². The molecule has 1 atom stereocenters. The number of hydrogen-bond acceptors (Lipinski definition) is 4. The van der Waals surface area contributed by atoms with Crippen molar-refractivity contribution in [3.8, 4) is 0 Å². The third kappa shape index (κ3) is 3.35. The van der Waals surface area contributed by atoms with E-state index in [2.05, 4.69) is 0 Å². The molecule has 0 spiro atoms. The van der Waals surface area contributed by atoms with Crippen molar-refractivity contribution in [3.05, 3.63) is 59.4 Å². The summed E-state index contributed by atoms with van der Waals surface area (Å²) >= 11 is 0. The SMILES string of the molecule is COCCN1C(=O)C(O)=C(C(=O)C(C)(C)C)C1c1cccc2ccccc12. The largest absolute Gasteiger partial charge is 0.503 e. The van der Waals surface area contributed by atoms with Gasteiger partial charge in [0.25, 0.3) is 5.91 Å². The lowest BCUT2D eigenvalue weighted by Gasteiger charge is -2.29. The van der Waals surface area contributed by atoms with Crippen molar-refractivity contribution < 1.29 is 19.4 Å². The van der Waals surface area contributed by atoms with Gasteiger partial charge in [-0.2, -0.15) is 0 Å². The molecule has 1 unspecified atom stereocenters. The van der Waals surface area contributed by atoms with Gasteiger partial charge < -0.3 is 14.7 Å². The van der Waals surface area contributed by atoms with Crippen LogP contribution in [0.4, 0.5) is 0 Å². The van der Waals surface area contributed by atoms with Crippen molar-refractivity contribution in [2.24, 2.45) is 5.41 Å². The Labute approximate surface area is 159 Å². The maximum absolute atomic E-state index is 13.1. The molecule has 1 amide bonds. The third-order valence-corrected chi connectivity index (χ3v) is 4.88. The van der Waals surface area contributed by atoms with E-state index in [0.717, 1.165) is 16.3 Å². The van der Waals surface area contributed by atoms with Crippen molar-refractivity contribution in [1.82, 2.24) is 4.90 Å².